The van der Waals surface area contributed by atoms with Gasteiger partial charge in [0.2, 0.25) is 5.91 Å². The topological polar surface area (TPSA) is 67.6 Å². The summed E-state index contributed by atoms with van der Waals surface area (Å²) in [5.74, 6) is -0.294. The average Bonchev–Trinajstić information content (AvgIpc) is 2.62. The molecule has 100 valence electrons. The maximum Gasteiger partial charge on any atom is 0.235 e. The first-order valence-electron chi connectivity index (χ1n) is 6.29. The molecule has 17 heavy (non-hydrogen) atoms. The van der Waals surface area contributed by atoms with E-state index in [0.29, 0.717) is 12.6 Å². The highest BCUT2D eigenvalue weighted by Gasteiger charge is 2.30. The summed E-state index contributed by atoms with van der Waals surface area (Å²) in [5.41, 5.74) is 5.41. The summed E-state index contributed by atoms with van der Waals surface area (Å²) in [6.07, 6.45) is 1.25. The number of nitrogens with two attached hydrogens (primary N) is 1. The fourth-order valence-corrected chi connectivity index (χ4v) is 2.35. The van der Waals surface area contributed by atoms with Gasteiger partial charge in [0.05, 0.1) is 12.1 Å². The molecule has 1 fully saturated rings. The number of hydrogen-bond acceptors (Lipinski definition) is 4. The van der Waals surface area contributed by atoms with E-state index in [4.69, 9.17) is 10.5 Å². The third kappa shape index (κ3) is 4.26. The summed E-state index contributed by atoms with van der Waals surface area (Å²) in [6, 6.07) is 0.330. The van der Waals surface area contributed by atoms with E-state index in [1.165, 1.54) is 0 Å². The third-order valence-electron chi connectivity index (χ3n) is 3.25. The van der Waals surface area contributed by atoms with Crippen molar-refractivity contribution in [2.24, 2.45) is 5.73 Å². The van der Waals surface area contributed by atoms with Gasteiger partial charge in [0.1, 0.15) is 0 Å². The van der Waals surface area contributed by atoms with Gasteiger partial charge < -0.3 is 15.8 Å². The van der Waals surface area contributed by atoms with Crippen molar-refractivity contribution in [3.8, 4) is 0 Å². The Kier molecular flexibility index (Phi) is 5.36. The van der Waals surface area contributed by atoms with E-state index in [0.717, 1.165) is 13.0 Å². The van der Waals surface area contributed by atoms with Crippen LogP contribution in [0.4, 0.5) is 0 Å². The Balaban J connectivity index is 2.51. The van der Waals surface area contributed by atoms with Crippen LogP contribution in [-0.2, 0) is 9.53 Å². The second-order valence-electron chi connectivity index (χ2n) is 5.15. The molecule has 3 unspecified atom stereocenters. The van der Waals surface area contributed by atoms with Crippen LogP contribution in [-0.4, -0.2) is 55.2 Å². The van der Waals surface area contributed by atoms with E-state index in [1.54, 1.807) is 0 Å². The van der Waals surface area contributed by atoms with Gasteiger partial charge in [0, 0.05) is 25.2 Å². The van der Waals surface area contributed by atoms with Crippen LogP contribution in [0, 0.1) is 0 Å². The van der Waals surface area contributed by atoms with Crippen LogP contribution in [0.3, 0.4) is 0 Å². The normalized spacial score (nSPS) is 26.7. The molecule has 0 bridgehead atoms. The highest BCUT2D eigenvalue weighted by Crippen LogP contribution is 2.18. The number of nitrogens with one attached hydrogen (secondary N) is 1. The highest BCUT2D eigenvalue weighted by molar-refractivity contribution is 5.80. The summed E-state index contributed by atoms with van der Waals surface area (Å²) < 4.78 is 5.53. The number of ether oxygens (including phenoxy) is 1. The van der Waals surface area contributed by atoms with Crippen molar-refractivity contribution in [3.63, 3.8) is 0 Å². The number of nitrogens with zero attached hydrogens (tertiary/aromatic N) is 1. The lowest BCUT2D eigenvalue weighted by Crippen LogP contribution is -2.53. The number of hydrogen-bond donors (Lipinski definition) is 2. The molecule has 3 atom stereocenters. The Morgan fingerprint density at radius 1 is 1.59 bits per heavy atom. The van der Waals surface area contributed by atoms with Crippen molar-refractivity contribution >= 4 is 5.91 Å². The standard InChI is InChI=1S/C12H25N3O2/c1-8(2)14-10(12(13)16)7-15(4)11-5-6-17-9(11)3/h8-11,14H,5-7H2,1-4H3,(H2,13,16). The fraction of sp³-hybridized carbons (Fsp3) is 0.917. The maximum atomic E-state index is 11.4. The molecule has 0 spiro atoms. The minimum absolute atomic E-state index is 0.229. The summed E-state index contributed by atoms with van der Waals surface area (Å²) >= 11 is 0. The molecule has 1 saturated heterocycles. The van der Waals surface area contributed by atoms with Crippen molar-refractivity contribution in [1.82, 2.24) is 10.2 Å². The molecule has 1 rings (SSSR count). The molecule has 0 aromatic heterocycles. The quantitative estimate of drug-likeness (QED) is 0.686. The molecule has 1 heterocycles. The molecule has 0 aromatic rings. The van der Waals surface area contributed by atoms with Gasteiger partial charge in [-0.2, -0.15) is 0 Å². The van der Waals surface area contributed by atoms with Crippen LogP contribution in [0.1, 0.15) is 27.2 Å². The van der Waals surface area contributed by atoms with Crippen LogP contribution in [0.5, 0.6) is 0 Å². The molecule has 5 heteroatoms. The predicted octanol–water partition coefficient (Wildman–Crippen LogP) is -0.0525. The Labute approximate surface area is 104 Å². The van der Waals surface area contributed by atoms with Gasteiger partial charge in [0.15, 0.2) is 0 Å². The van der Waals surface area contributed by atoms with Gasteiger partial charge in [0.25, 0.3) is 0 Å². The van der Waals surface area contributed by atoms with Crippen LogP contribution >= 0.6 is 0 Å². The molecule has 0 aliphatic carbocycles. The monoisotopic (exact) mass is 243 g/mol. The van der Waals surface area contributed by atoms with Crippen LogP contribution in [0.25, 0.3) is 0 Å². The molecule has 0 aromatic carbocycles. The van der Waals surface area contributed by atoms with Crippen LogP contribution in [0.15, 0.2) is 0 Å². The van der Waals surface area contributed by atoms with Gasteiger partial charge in [-0.1, -0.05) is 13.8 Å². The van der Waals surface area contributed by atoms with Gasteiger partial charge in [-0.25, -0.2) is 0 Å². The maximum absolute atomic E-state index is 11.4. The summed E-state index contributed by atoms with van der Waals surface area (Å²) in [6.45, 7) is 7.53. The summed E-state index contributed by atoms with van der Waals surface area (Å²) in [4.78, 5) is 13.5. The predicted molar refractivity (Wildman–Crippen MR) is 67.7 cm³/mol. The first-order valence-corrected chi connectivity index (χ1v) is 6.29. The number of primary amides is 1. The van der Waals surface area contributed by atoms with E-state index >= 15 is 0 Å². The molecule has 3 N–H and O–H groups in total. The largest absolute Gasteiger partial charge is 0.377 e. The van der Waals surface area contributed by atoms with Gasteiger partial charge >= 0.3 is 0 Å². The second-order valence-corrected chi connectivity index (χ2v) is 5.15. The average molecular weight is 243 g/mol. The van der Waals surface area contributed by atoms with E-state index in [-0.39, 0.29) is 24.1 Å². The summed E-state index contributed by atoms with van der Waals surface area (Å²) in [7, 11) is 2.02. The van der Waals surface area contributed by atoms with Crippen LogP contribution in [0.2, 0.25) is 0 Å². The minimum atomic E-state index is -0.298. The van der Waals surface area contributed by atoms with Crippen LogP contribution < -0.4 is 11.1 Å². The third-order valence-corrected chi connectivity index (χ3v) is 3.25. The smallest absolute Gasteiger partial charge is 0.235 e. The van der Waals surface area contributed by atoms with Gasteiger partial charge in [-0.3, -0.25) is 9.69 Å². The lowest BCUT2D eigenvalue weighted by molar-refractivity contribution is -0.120. The minimum Gasteiger partial charge on any atom is -0.377 e. The Morgan fingerprint density at radius 3 is 2.65 bits per heavy atom. The lowest BCUT2D eigenvalue weighted by atomic mass is 10.1. The second kappa shape index (κ2) is 6.33. The molecule has 1 amide bonds. The van der Waals surface area contributed by atoms with E-state index in [9.17, 15) is 4.79 Å². The molecule has 0 radical (unpaired) electrons. The van der Waals surface area contributed by atoms with Crippen molar-refractivity contribution in [3.05, 3.63) is 0 Å². The highest BCUT2D eigenvalue weighted by atomic mass is 16.5. The Bertz CT molecular complexity index is 258. The first-order chi connectivity index (χ1) is 7.91. The number of carbonyl (C=O) groups is 1. The Morgan fingerprint density at radius 2 is 2.24 bits per heavy atom. The van der Waals surface area contributed by atoms with E-state index < -0.39 is 0 Å². The molecule has 5 nitrogen and oxygen atoms in total. The van der Waals surface area contributed by atoms with Gasteiger partial charge in [-0.15, -0.1) is 0 Å². The molecular formula is C12H25N3O2. The Hall–Kier alpha value is -0.650. The first kappa shape index (κ1) is 14.4. The van der Waals surface area contributed by atoms with Crippen molar-refractivity contribution < 1.29 is 9.53 Å². The molecular weight excluding hydrogens is 218 g/mol. The fourth-order valence-electron chi connectivity index (χ4n) is 2.35. The number of carbonyl (C=O) groups excluding carboxylic acids is 1. The SMILES string of the molecule is CC(C)NC(CN(C)C1CCOC1C)C(N)=O. The number of amides is 1. The number of rotatable bonds is 6. The van der Waals surface area contributed by atoms with E-state index in [1.807, 2.05) is 20.9 Å². The zero-order valence-electron chi connectivity index (χ0n) is 11.3. The van der Waals surface area contributed by atoms with Crippen molar-refractivity contribution in [2.45, 2.75) is 51.4 Å². The molecule has 1 aliphatic heterocycles. The van der Waals surface area contributed by atoms with E-state index in [2.05, 4.69) is 17.1 Å². The van der Waals surface area contributed by atoms with Crippen molar-refractivity contribution in [1.29, 1.82) is 0 Å². The lowest BCUT2D eigenvalue weighted by Gasteiger charge is -2.30. The summed E-state index contributed by atoms with van der Waals surface area (Å²) in [5, 5.41) is 3.19. The molecule has 0 saturated carbocycles. The van der Waals surface area contributed by atoms with Gasteiger partial charge in [-0.05, 0) is 20.4 Å². The van der Waals surface area contributed by atoms with Crippen molar-refractivity contribution in [2.75, 3.05) is 20.2 Å². The number of likely N-dealkylation sites (N-methyl/N-ethyl adjacent to an activating group) is 1. The molecule has 1 aliphatic rings. The zero-order chi connectivity index (χ0) is 13.0. The zero-order valence-corrected chi connectivity index (χ0v) is 11.3.